The minimum Gasteiger partial charge on any atom is -0.349 e. The van der Waals surface area contributed by atoms with Crippen molar-refractivity contribution in [3.8, 4) is 11.3 Å². The van der Waals surface area contributed by atoms with E-state index in [0.717, 1.165) is 16.7 Å². The fourth-order valence-electron chi connectivity index (χ4n) is 4.52. The Morgan fingerprint density at radius 1 is 0.972 bits per heavy atom. The molecule has 36 heavy (non-hydrogen) atoms. The fourth-order valence-corrected chi connectivity index (χ4v) is 4.52. The van der Waals surface area contributed by atoms with Crippen molar-refractivity contribution in [2.45, 2.75) is 32.4 Å². The van der Waals surface area contributed by atoms with Gasteiger partial charge in [-0.05, 0) is 37.5 Å². The number of benzene rings is 2. The number of aryl methyl sites for hydroxylation is 1. The zero-order valence-electron chi connectivity index (χ0n) is 20.3. The normalized spacial score (nSPS) is 14.0. The summed E-state index contributed by atoms with van der Waals surface area (Å²) >= 11 is 0. The number of likely N-dealkylation sites (tertiary alicyclic amines) is 1. The first-order valence-electron chi connectivity index (χ1n) is 12.3. The second-order valence-electron chi connectivity index (χ2n) is 9.22. The lowest BCUT2D eigenvalue weighted by Crippen LogP contribution is -2.46. The minimum absolute atomic E-state index is 0.0260. The van der Waals surface area contributed by atoms with Crippen LogP contribution in [0.3, 0.4) is 0 Å². The van der Waals surface area contributed by atoms with Gasteiger partial charge in [0, 0.05) is 43.3 Å². The third-order valence-corrected chi connectivity index (χ3v) is 6.55. The first-order chi connectivity index (χ1) is 17.6. The molecular weight excluding hydrogens is 450 g/mol. The van der Waals surface area contributed by atoms with Gasteiger partial charge < -0.3 is 10.2 Å². The third kappa shape index (κ3) is 5.35. The molecule has 4 aromatic rings. The van der Waals surface area contributed by atoms with Crippen LogP contribution in [0, 0.1) is 6.92 Å². The van der Waals surface area contributed by atoms with Gasteiger partial charge in [-0.15, -0.1) is 0 Å². The highest BCUT2D eigenvalue weighted by molar-refractivity contribution is 6.00. The number of nitrogens with zero attached hydrogens (tertiary/aromatic N) is 4. The Morgan fingerprint density at radius 3 is 2.42 bits per heavy atom. The number of rotatable bonds is 6. The zero-order valence-corrected chi connectivity index (χ0v) is 20.3. The van der Waals surface area contributed by atoms with Crippen molar-refractivity contribution >= 4 is 11.8 Å². The number of carbonyl (C=O) groups excluding carboxylic acids is 2. The van der Waals surface area contributed by atoms with Gasteiger partial charge in [-0.2, -0.15) is 5.10 Å². The van der Waals surface area contributed by atoms with E-state index in [-0.39, 0.29) is 17.9 Å². The van der Waals surface area contributed by atoms with E-state index in [1.165, 1.54) is 0 Å². The van der Waals surface area contributed by atoms with Crippen LogP contribution >= 0.6 is 0 Å². The smallest absolute Gasteiger partial charge is 0.257 e. The Bertz CT molecular complexity index is 1330. The van der Waals surface area contributed by atoms with Crippen molar-refractivity contribution in [2.75, 3.05) is 13.1 Å². The van der Waals surface area contributed by atoms with Crippen molar-refractivity contribution in [3.63, 3.8) is 0 Å². The molecule has 1 aliphatic rings. The van der Waals surface area contributed by atoms with E-state index in [9.17, 15) is 9.59 Å². The first-order valence-corrected chi connectivity index (χ1v) is 12.3. The van der Waals surface area contributed by atoms with E-state index < -0.39 is 0 Å². The van der Waals surface area contributed by atoms with E-state index in [1.807, 2.05) is 65.2 Å². The van der Waals surface area contributed by atoms with Gasteiger partial charge in [-0.1, -0.05) is 60.2 Å². The van der Waals surface area contributed by atoms with E-state index in [2.05, 4.69) is 22.4 Å². The van der Waals surface area contributed by atoms with Gasteiger partial charge in [-0.3, -0.25) is 19.3 Å². The van der Waals surface area contributed by atoms with Gasteiger partial charge >= 0.3 is 0 Å². The highest BCUT2D eigenvalue weighted by Gasteiger charge is 2.28. The lowest BCUT2D eigenvalue weighted by molar-refractivity contribution is 0.0698. The van der Waals surface area contributed by atoms with Crippen LogP contribution in [0.5, 0.6) is 0 Å². The summed E-state index contributed by atoms with van der Waals surface area (Å²) in [7, 11) is 0. The third-order valence-electron chi connectivity index (χ3n) is 6.55. The van der Waals surface area contributed by atoms with Gasteiger partial charge in [0.05, 0.1) is 17.7 Å². The molecule has 182 valence electrons. The monoisotopic (exact) mass is 479 g/mol. The number of aromatic nitrogens is 3. The summed E-state index contributed by atoms with van der Waals surface area (Å²) in [4.78, 5) is 32.0. The summed E-state index contributed by atoms with van der Waals surface area (Å²) in [6.45, 7) is 3.79. The van der Waals surface area contributed by atoms with Gasteiger partial charge in [-0.25, -0.2) is 0 Å². The zero-order chi connectivity index (χ0) is 24.9. The Hall–Kier alpha value is -4.26. The molecule has 5 rings (SSSR count). The summed E-state index contributed by atoms with van der Waals surface area (Å²) < 4.78 is 1.85. The van der Waals surface area contributed by atoms with Crippen molar-refractivity contribution in [1.29, 1.82) is 0 Å². The Morgan fingerprint density at radius 2 is 1.72 bits per heavy atom. The second kappa shape index (κ2) is 10.6. The van der Waals surface area contributed by atoms with Crippen LogP contribution in [0.4, 0.5) is 0 Å². The van der Waals surface area contributed by atoms with Crippen LogP contribution in [0.15, 0.2) is 85.3 Å². The van der Waals surface area contributed by atoms with Crippen LogP contribution in [0.25, 0.3) is 11.3 Å². The molecule has 0 saturated carbocycles. The molecule has 0 radical (unpaired) electrons. The van der Waals surface area contributed by atoms with Crippen LogP contribution in [-0.2, 0) is 6.54 Å². The maximum Gasteiger partial charge on any atom is 0.257 e. The van der Waals surface area contributed by atoms with E-state index in [4.69, 9.17) is 5.10 Å². The van der Waals surface area contributed by atoms with Crippen LogP contribution in [-0.4, -0.2) is 50.6 Å². The highest BCUT2D eigenvalue weighted by atomic mass is 16.2. The molecule has 0 atom stereocenters. The number of carbonyl (C=O) groups is 2. The molecule has 7 heteroatoms. The summed E-state index contributed by atoms with van der Waals surface area (Å²) in [6.07, 6.45) is 6.48. The topological polar surface area (TPSA) is 80.1 Å². The molecular formula is C29H29N5O2. The molecule has 0 spiro atoms. The highest BCUT2D eigenvalue weighted by Crippen LogP contribution is 2.26. The van der Waals surface area contributed by atoms with Crippen molar-refractivity contribution < 1.29 is 9.59 Å². The van der Waals surface area contributed by atoms with Gasteiger partial charge in [0.25, 0.3) is 11.8 Å². The number of amides is 2. The molecule has 3 heterocycles. The quantitative estimate of drug-likeness (QED) is 0.446. The standard InChI is InChI=1S/C29H29N5O2/c1-21-9-11-23(12-10-21)27-26(20-34(32-27)19-22-6-3-2-4-7-22)29(36)33-16-13-25(14-17-33)31-28(35)24-8-5-15-30-18-24/h2-12,15,18,20,25H,13-14,16-17,19H2,1H3,(H,31,35). The molecule has 7 nitrogen and oxygen atoms in total. The van der Waals surface area contributed by atoms with Crippen LogP contribution in [0.2, 0.25) is 0 Å². The lowest BCUT2D eigenvalue weighted by atomic mass is 10.0. The molecule has 0 unspecified atom stereocenters. The SMILES string of the molecule is Cc1ccc(-c2nn(Cc3ccccc3)cc2C(=O)N2CCC(NC(=O)c3cccnc3)CC2)cc1. The van der Waals surface area contributed by atoms with E-state index in [1.54, 1.807) is 24.5 Å². The largest absolute Gasteiger partial charge is 0.349 e. The molecule has 0 bridgehead atoms. The predicted molar refractivity (Wildman–Crippen MR) is 139 cm³/mol. The molecule has 0 aliphatic carbocycles. The summed E-state index contributed by atoms with van der Waals surface area (Å²) in [5.41, 5.74) is 5.06. The van der Waals surface area contributed by atoms with Gasteiger partial charge in [0.1, 0.15) is 5.69 Å². The molecule has 2 amide bonds. The van der Waals surface area contributed by atoms with Crippen molar-refractivity contribution in [1.82, 2.24) is 25.0 Å². The summed E-state index contributed by atoms with van der Waals surface area (Å²) in [5, 5.41) is 7.89. The van der Waals surface area contributed by atoms with E-state index >= 15 is 0 Å². The average Bonchev–Trinajstić information content (AvgIpc) is 3.34. The van der Waals surface area contributed by atoms with Crippen molar-refractivity contribution in [3.05, 3.63) is 108 Å². The molecule has 1 N–H and O–H groups in total. The van der Waals surface area contributed by atoms with Gasteiger partial charge in [0.15, 0.2) is 0 Å². The number of piperidine rings is 1. The predicted octanol–water partition coefficient (Wildman–Crippen LogP) is 4.34. The van der Waals surface area contributed by atoms with Gasteiger partial charge in [0.2, 0.25) is 0 Å². The van der Waals surface area contributed by atoms with Crippen LogP contribution in [0.1, 0.15) is 44.7 Å². The Kier molecular flexibility index (Phi) is 6.89. The van der Waals surface area contributed by atoms with Crippen molar-refractivity contribution in [2.24, 2.45) is 0 Å². The summed E-state index contributed by atoms with van der Waals surface area (Å²) in [5.74, 6) is -0.154. The summed E-state index contributed by atoms with van der Waals surface area (Å²) in [6, 6.07) is 21.7. The number of nitrogens with one attached hydrogen (secondary N) is 1. The molecule has 1 fully saturated rings. The Labute approximate surface area is 210 Å². The Balaban J connectivity index is 1.31. The lowest BCUT2D eigenvalue weighted by Gasteiger charge is -2.32. The van der Waals surface area contributed by atoms with E-state index in [0.29, 0.717) is 49.3 Å². The first kappa shape index (κ1) is 23.5. The molecule has 1 aliphatic heterocycles. The second-order valence-corrected chi connectivity index (χ2v) is 9.22. The maximum absolute atomic E-state index is 13.7. The number of hydrogen-bond donors (Lipinski definition) is 1. The molecule has 1 saturated heterocycles. The molecule has 2 aromatic carbocycles. The fraction of sp³-hybridized carbons (Fsp3) is 0.241. The number of pyridine rings is 1. The maximum atomic E-state index is 13.7. The average molecular weight is 480 g/mol. The van der Waals surface area contributed by atoms with Crippen LogP contribution < -0.4 is 5.32 Å². The minimum atomic E-state index is -0.128. The number of hydrogen-bond acceptors (Lipinski definition) is 4. The molecule has 2 aromatic heterocycles.